The Balaban J connectivity index is 2.31. The molecule has 1 aliphatic rings. The van der Waals surface area contributed by atoms with E-state index in [1.165, 1.54) is 12.5 Å². The van der Waals surface area contributed by atoms with Crippen molar-refractivity contribution in [2.45, 2.75) is 26.2 Å². The first kappa shape index (κ1) is 11.6. The summed E-state index contributed by atoms with van der Waals surface area (Å²) in [6, 6.07) is 5.88. The maximum absolute atomic E-state index is 10.7. The molecule has 1 aromatic rings. The normalized spacial score (nSPS) is 16.5. The molecule has 4 nitrogen and oxygen atoms in total. The van der Waals surface area contributed by atoms with E-state index < -0.39 is 5.97 Å². The maximum atomic E-state index is 10.7. The van der Waals surface area contributed by atoms with Gasteiger partial charge in [0.15, 0.2) is 0 Å². The van der Waals surface area contributed by atoms with E-state index in [-0.39, 0.29) is 0 Å². The van der Waals surface area contributed by atoms with Gasteiger partial charge in [0.25, 0.3) is 0 Å². The molecule has 1 aromatic carbocycles. The Hall–Kier alpha value is -1.84. The van der Waals surface area contributed by atoms with E-state index in [4.69, 9.17) is 9.57 Å². The Morgan fingerprint density at radius 2 is 2.18 bits per heavy atom. The van der Waals surface area contributed by atoms with Crippen LogP contribution in [0.15, 0.2) is 23.4 Å². The van der Waals surface area contributed by atoms with Gasteiger partial charge in [0, 0.05) is 12.5 Å². The second-order valence-corrected chi connectivity index (χ2v) is 4.00. The van der Waals surface area contributed by atoms with E-state index in [0.29, 0.717) is 0 Å². The van der Waals surface area contributed by atoms with Gasteiger partial charge in [-0.3, -0.25) is 0 Å². The van der Waals surface area contributed by atoms with E-state index in [9.17, 15) is 4.79 Å². The molecule has 0 aromatic heterocycles. The number of carbonyl (C=O) groups excluding carboxylic acids is 1. The number of nitrogens with zero attached hydrogens (tertiary/aromatic N) is 1. The molecular formula is C13H15NO3. The molecule has 0 amide bonds. The molecule has 0 N–H and O–H groups in total. The summed E-state index contributed by atoms with van der Waals surface area (Å²) in [4.78, 5) is 15.5. The number of fused-ring (bicyclic) bond motifs is 1. The smallest absolute Gasteiger partial charge is 0.331 e. The van der Waals surface area contributed by atoms with Crippen molar-refractivity contribution in [3.05, 3.63) is 29.3 Å². The zero-order valence-corrected chi connectivity index (χ0v) is 10.0. The van der Waals surface area contributed by atoms with Gasteiger partial charge in [-0.15, -0.1) is 0 Å². The Labute approximate surface area is 100 Å². The van der Waals surface area contributed by atoms with Crippen LogP contribution in [0.4, 0.5) is 0 Å². The molecule has 1 aliphatic carbocycles. The van der Waals surface area contributed by atoms with Gasteiger partial charge < -0.3 is 9.57 Å². The van der Waals surface area contributed by atoms with Crippen LogP contribution in [0, 0.1) is 0 Å². The third kappa shape index (κ3) is 2.64. The minimum Gasteiger partial charge on any atom is -0.497 e. The van der Waals surface area contributed by atoms with Gasteiger partial charge in [0.1, 0.15) is 5.75 Å². The number of benzene rings is 1. The van der Waals surface area contributed by atoms with Crippen LogP contribution in [-0.4, -0.2) is 18.8 Å². The van der Waals surface area contributed by atoms with Crippen LogP contribution in [0.5, 0.6) is 5.75 Å². The molecule has 0 fully saturated rings. The molecule has 0 saturated carbocycles. The SMILES string of the molecule is COc1ccc2c(c1)CCC/C2=N/OC(C)=O. The molecule has 0 bridgehead atoms. The molecule has 0 radical (unpaired) electrons. The molecular weight excluding hydrogens is 218 g/mol. The lowest BCUT2D eigenvalue weighted by Crippen LogP contribution is -2.13. The van der Waals surface area contributed by atoms with Crippen molar-refractivity contribution >= 4 is 11.7 Å². The topological polar surface area (TPSA) is 47.9 Å². The average Bonchev–Trinajstić information content (AvgIpc) is 2.35. The van der Waals surface area contributed by atoms with Gasteiger partial charge in [-0.1, -0.05) is 5.16 Å². The van der Waals surface area contributed by atoms with Gasteiger partial charge in [0.2, 0.25) is 0 Å². The average molecular weight is 233 g/mol. The lowest BCUT2D eigenvalue weighted by Gasteiger charge is -2.17. The van der Waals surface area contributed by atoms with Gasteiger partial charge in [0.05, 0.1) is 12.8 Å². The molecule has 0 aliphatic heterocycles. The number of rotatable bonds is 2. The summed E-state index contributed by atoms with van der Waals surface area (Å²) in [5.74, 6) is 0.454. The number of methoxy groups -OCH3 is 1. The monoisotopic (exact) mass is 233 g/mol. The highest BCUT2D eigenvalue weighted by Crippen LogP contribution is 2.25. The summed E-state index contributed by atoms with van der Waals surface area (Å²) in [6.45, 7) is 1.35. The van der Waals surface area contributed by atoms with E-state index in [0.717, 1.165) is 36.3 Å². The first-order valence-corrected chi connectivity index (χ1v) is 5.62. The predicted molar refractivity (Wildman–Crippen MR) is 64.2 cm³/mol. The quantitative estimate of drug-likeness (QED) is 0.581. The predicted octanol–water partition coefficient (Wildman–Crippen LogP) is 2.30. The fourth-order valence-corrected chi connectivity index (χ4v) is 1.98. The summed E-state index contributed by atoms with van der Waals surface area (Å²) in [5, 5.41) is 3.91. The van der Waals surface area contributed by atoms with Gasteiger partial charge >= 0.3 is 5.97 Å². The molecule has 0 atom stereocenters. The minimum atomic E-state index is -0.391. The summed E-state index contributed by atoms with van der Waals surface area (Å²) in [7, 11) is 1.65. The zero-order valence-electron chi connectivity index (χ0n) is 10.0. The van der Waals surface area contributed by atoms with Gasteiger partial charge in [-0.05, 0) is 43.0 Å². The van der Waals surface area contributed by atoms with Gasteiger partial charge in [-0.2, -0.15) is 0 Å². The van der Waals surface area contributed by atoms with Crippen molar-refractivity contribution in [3.8, 4) is 5.75 Å². The molecule has 0 unspecified atom stereocenters. The third-order valence-corrected chi connectivity index (χ3v) is 2.77. The van der Waals surface area contributed by atoms with Crippen LogP contribution in [0.2, 0.25) is 0 Å². The van der Waals surface area contributed by atoms with Crippen LogP contribution < -0.4 is 4.74 Å². The van der Waals surface area contributed by atoms with Crippen molar-refractivity contribution in [2.24, 2.45) is 5.16 Å². The number of hydrogen-bond acceptors (Lipinski definition) is 4. The number of oxime groups is 1. The summed E-state index contributed by atoms with van der Waals surface area (Å²) in [6.07, 6.45) is 2.86. The van der Waals surface area contributed by atoms with Crippen LogP contribution in [0.25, 0.3) is 0 Å². The minimum absolute atomic E-state index is 0.391. The fraction of sp³-hybridized carbons (Fsp3) is 0.385. The number of ether oxygens (including phenoxy) is 1. The highest BCUT2D eigenvalue weighted by atomic mass is 16.7. The van der Waals surface area contributed by atoms with Crippen molar-refractivity contribution in [2.75, 3.05) is 7.11 Å². The largest absolute Gasteiger partial charge is 0.497 e. The highest BCUT2D eigenvalue weighted by molar-refractivity contribution is 6.02. The van der Waals surface area contributed by atoms with Crippen molar-refractivity contribution < 1.29 is 14.4 Å². The third-order valence-electron chi connectivity index (χ3n) is 2.77. The van der Waals surface area contributed by atoms with Crippen molar-refractivity contribution in [1.29, 1.82) is 0 Å². The lowest BCUT2D eigenvalue weighted by molar-refractivity contribution is -0.140. The number of carbonyl (C=O) groups is 1. The number of aryl methyl sites for hydroxylation is 1. The highest BCUT2D eigenvalue weighted by Gasteiger charge is 2.16. The first-order chi connectivity index (χ1) is 8.20. The van der Waals surface area contributed by atoms with E-state index in [1.807, 2.05) is 18.2 Å². The number of hydrogen-bond donors (Lipinski definition) is 0. The van der Waals surface area contributed by atoms with Crippen molar-refractivity contribution in [3.63, 3.8) is 0 Å². The van der Waals surface area contributed by atoms with Crippen LogP contribution in [-0.2, 0) is 16.1 Å². The molecule has 0 saturated heterocycles. The summed E-state index contributed by atoms with van der Waals surface area (Å²) in [5.41, 5.74) is 3.09. The lowest BCUT2D eigenvalue weighted by atomic mass is 9.90. The zero-order chi connectivity index (χ0) is 12.3. The van der Waals surface area contributed by atoms with Gasteiger partial charge in [-0.25, -0.2) is 4.79 Å². The van der Waals surface area contributed by atoms with E-state index in [2.05, 4.69) is 5.16 Å². The Kier molecular flexibility index (Phi) is 3.42. The first-order valence-electron chi connectivity index (χ1n) is 5.62. The molecule has 2 rings (SSSR count). The Bertz CT molecular complexity index is 466. The standard InChI is InChI=1S/C13H15NO3/c1-9(15)17-14-13-5-3-4-10-8-11(16-2)6-7-12(10)13/h6-8H,3-5H2,1-2H3/b14-13-. The molecule has 4 heteroatoms. The molecule has 0 heterocycles. The van der Waals surface area contributed by atoms with Crippen LogP contribution >= 0.6 is 0 Å². The summed E-state index contributed by atoms with van der Waals surface area (Å²) >= 11 is 0. The van der Waals surface area contributed by atoms with Crippen LogP contribution in [0.3, 0.4) is 0 Å². The molecule has 17 heavy (non-hydrogen) atoms. The summed E-state index contributed by atoms with van der Waals surface area (Å²) < 4.78 is 5.19. The Morgan fingerprint density at radius 1 is 1.35 bits per heavy atom. The van der Waals surface area contributed by atoms with Crippen LogP contribution in [0.1, 0.15) is 30.9 Å². The van der Waals surface area contributed by atoms with E-state index >= 15 is 0 Å². The maximum Gasteiger partial charge on any atom is 0.331 e. The Morgan fingerprint density at radius 3 is 2.88 bits per heavy atom. The molecule has 0 spiro atoms. The second kappa shape index (κ2) is 4.99. The fourth-order valence-electron chi connectivity index (χ4n) is 1.98. The molecule has 90 valence electrons. The second-order valence-electron chi connectivity index (χ2n) is 4.00. The van der Waals surface area contributed by atoms with Crippen molar-refractivity contribution in [1.82, 2.24) is 0 Å². The van der Waals surface area contributed by atoms with E-state index in [1.54, 1.807) is 7.11 Å².